The number of amides is 3. The number of hydrogen-bond acceptors (Lipinski definition) is 7. The van der Waals surface area contributed by atoms with Crippen molar-refractivity contribution in [3.63, 3.8) is 0 Å². The van der Waals surface area contributed by atoms with E-state index in [1.165, 1.54) is 6.20 Å². The number of nitrogens with zero attached hydrogens (tertiary/aromatic N) is 3. The second-order valence-corrected chi connectivity index (χ2v) is 7.49. The maximum Gasteiger partial charge on any atom is 0.327 e. The number of carbonyl (C=O) groups excluding carboxylic acids is 2. The van der Waals surface area contributed by atoms with Gasteiger partial charge in [-0.25, -0.2) is 14.8 Å². The normalized spacial score (nSPS) is 10.9. The van der Waals surface area contributed by atoms with Crippen LogP contribution in [0.5, 0.6) is 11.5 Å². The molecule has 0 atom stereocenters. The van der Waals surface area contributed by atoms with Crippen molar-refractivity contribution < 1.29 is 14.3 Å². The molecule has 0 aromatic carbocycles. The number of nitrogens with two attached hydrogens (primary N) is 1. The summed E-state index contributed by atoms with van der Waals surface area (Å²) in [6.45, 7) is 5.15. The molecule has 30 heavy (non-hydrogen) atoms. The summed E-state index contributed by atoms with van der Waals surface area (Å²) in [7, 11) is 0. The number of imide groups is 1. The van der Waals surface area contributed by atoms with Gasteiger partial charge in [0.05, 0.1) is 11.9 Å². The summed E-state index contributed by atoms with van der Waals surface area (Å²) in [5.41, 5.74) is 6.43. The predicted molar refractivity (Wildman–Crippen MR) is 113 cm³/mol. The van der Waals surface area contributed by atoms with E-state index in [1.807, 2.05) is 6.07 Å². The van der Waals surface area contributed by atoms with Crippen molar-refractivity contribution in [2.45, 2.75) is 20.8 Å². The second-order valence-electron chi connectivity index (χ2n) is 7.49. The van der Waals surface area contributed by atoms with Crippen molar-refractivity contribution in [3.05, 3.63) is 55.0 Å². The molecule has 3 heterocycles. The summed E-state index contributed by atoms with van der Waals surface area (Å²) in [5, 5.41) is 4.77. The number of ether oxygens (including phenoxy) is 1. The van der Waals surface area contributed by atoms with Crippen LogP contribution in [0.25, 0.3) is 11.3 Å². The average Bonchev–Trinajstić information content (AvgIpc) is 2.69. The molecule has 0 aliphatic carbocycles. The topological polar surface area (TPSA) is 132 Å². The number of carbonyl (C=O) groups is 2. The van der Waals surface area contributed by atoms with E-state index in [0.717, 1.165) is 5.56 Å². The largest absolute Gasteiger partial charge is 0.456 e. The van der Waals surface area contributed by atoms with Crippen LogP contribution in [-0.4, -0.2) is 26.9 Å². The number of urea groups is 1. The summed E-state index contributed by atoms with van der Waals surface area (Å²) in [6, 6.07) is 9.59. The smallest absolute Gasteiger partial charge is 0.327 e. The first-order chi connectivity index (χ1) is 14.2. The molecule has 9 nitrogen and oxygen atoms in total. The highest BCUT2D eigenvalue weighted by Crippen LogP contribution is 2.25. The molecule has 0 saturated heterocycles. The van der Waals surface area contributed by atoms with Crippen molar-refractivity contribution >= 4 is 23.6 Å². The van der Waals surface area contributed by atoms with Crippen LogP contribution in [0.2, 0.25) is 0 Å². The molecule has 0 unspecified atom stereocenters. The third-order valence-electron chi connectivity index (χ3n) is 3.94. The Kier molecular flexibility index (Phi) is 5.91. The molecule has 154 valence electrons. The van der Waals surface area contributed by atoms with Crippen molar-refractivity contribution in [3.8, 4) is 22.8 Å². The van der Waals surface area contributed by atoms with Gasteiger partial charge >= 0.3 is 6.03 Å². The van der Waals surface area contributed by atoms with Gasteiger partial charge in [0.1, 0.15) is 23.1 Å². The Hall–Kier alpha value is -4.01. The van der Waals surface area contributed by atoms with Gasteiger partial charge in [-0.15, -0.1) is 0 Å². The fraction of sp³-hybridized carbons (Fsp3) is 0.190. The van der Waals surface area contributed by atoms with Crippen LogP contribution in [0.4, 0.5) is 16.4 Å². The first-order valence-corrected chi connectivity index (χ1v) is 9.15. The maximum atomic E-state index is 11.9. The molecule has 0 aliphatic heterocycles. The van der Waals surface area contributed by atoms with Crippen molar-refractivity contribution in [2.75, 3.05) is 11.1 Å². The molecule has 0 bridgehead atoms. The van der Waals surface area contributed by atoms with Gasteiger partial charge in [-0.1, -0.05) is 20.8 Å². The van der Waals surface area contributed by atoms with Gasteiger partial charge in [0.2, 0.25) is 5.91 Å². The number of nitrogen functional groups attached to an aromatic ring is 1. The highest BCUT2D eigenvalue weighted by atomic mass is 16.5. The van der Waals surface area contributed by atoms with E-state index in [4.69, 9.17) is 10.5 Å². The molecule has 0 fully saturated rings. The van der Waals surface area contributed by atoms with Gasteiger partial charge in [0.15, 0.2) is 0 Å². The Balaban J connectivity index is 1.63. The Morgan fingerprint density at radius 1 is 0.967 bits per heavy atom. The van der Waals surface area contributed by atoms with E-state index in [0.29, 0.717) is 23.0 Å². The van der Waals surface area contributed by atoms with E-state index in [-0.39, 0.29) is 11.7 Å². The van der Waals surface area contributed by atoms with E-state index in [1.54, 1.807) is 63.5 Å². The molecule has 4 N–H and O–H groups in total. The van der Waals surface area contributed by atoms with Crippen molar-refractivity contribution in [2.24, 2.45) is 5.41 Å². The quantitative estimate of drug-likeness (QED) is 0.603. The van der Waals surface area contributed by atoms with Gasteiger partial charge in [-0.2, -0.15) is 0 Å². The van der Waals surface area contributed by atoms with Crippen LogP contribution in [-0.2, 0) is 4.79 Å². The summed E-state index contributed by atoms with van der Waals surface area (Å²) in [6.07, 6.45) is 4.73. The maximum absolute atomic E-state index is 11.9. The number of rotatable bonds is 4. The first kappa shape index (κ1) is 20.7. The molecule has 0 saturated carbocycles. The van der Waals surface area contributed by atoms with E-state index in [9.17, 15) is 9.59 Å². The summed E-state index contributed by atoms with van der Waals surface area (Å²) in [5.74, 6) is 1.37. The van der Waals surface area contributed by atoms with E-state index >= 15 is 0 Å². The van der Waals surface area contributed by atoms with Crippen LogP contribution in [0.15, 0.2) is 55.0 Å². The summed E-state index contributed by atoms with van der Waals surface area (Å²) in [4.78, 5) is 36.2. The number of aromatic nitrogens is 3. The van der Waals surface area contributed by atoms with Crippen molar-refractivity contribution in [1.29, 1.82) is 0 Å². The van der Waals surface area contributed by atoms with Gasteiger partial charge in [0, 0.05) is 29.4 Å². The number of pyridine rings is 3. The molecule has 0 spiro atoms. The van der Waals surface area contributed by atoms with Crippen LogP contribution < -0.4 is 21.1 Å². The monoisotopic (exact) mass is 406 g/mol. The average molecular weight is 406 g/mol. The standard InChI is InChI=1S/C21H22N6O3/c1-21(2,3)19(28)27-20(29)26-18-7-5-15(12-25-18)30-14-8-9-23-16(10-14)13-4-6-17(22)24-11-13/h4-12H,1-3H3,(H2,22,24)(H2,25,26,27,28,29). The van der Waals surface area contributed by atoms with Crippen LogP contribution in [0.3, 0.4) is 0 Å². The lowest BCUT2D eigenvalue weighted by molar-refractivity contribution is -0.127. The third-order valence-corrected chi connectivity index (χ3v) is 3.94. The van der Waals surface area contributed by atoms with Gasteiger partial charge in [-0.05, 0) is 30.3 Å². The molecular weight excluding hydrogens is 384 g/mol. The van der Waals surface area contributed by atoms with Gasteiger partial charge < -0.3 is 10.5 Å². The van der Waals surface area contributed by atoms with Gasteiger partial charge in [-0.3, -0.25) is 20.4 Å². The fourth-order valence-electron chi connectivity index (χ4n) is 2.28. The minimum atomic E-state index is -0.672. The highest BCUT2D eigenvalue weighted by molar-refractivity contribution is 6.02. The zero-order chi connectivity index (χ0) is 21.7. The molecule has 0 radical (unpaired) electrons. The lowest BCUT2D eigenvalue weighted by atomic mass is 9.96. The van der Waals surface area contributed by atoms with Crippen LogP contribution in [0.1, 0.15) is 20.8 Å². The van der Waals surface area contributed by atoms with E-state index in [2.05, 4.69) is 25.6 Å². The second kappa shape index (κ2) is 8.56. The fourth-order valence-corrected chi connectivity index (χ4v) is 2.28. The number of nitrogens with one attached hydrogen (secondary N) is 2. The number of hydrogen-bond donors (Lipinski definition) is 3. The van der Waals surface area contributed by atoms with Gasteiger partial charge in [0.25, 0.3) is 0 Å². The Morgan fingerprint density at radius 3 is 2.40 bits per heavy atom. The highest BCUT2D eigenvalue weighted by Gasteiger charge is 2.23. The Bertz CT molecular complexity index is 1040. The van der Waals surface area contributed by atoms with Crippen molar-refractivity contribution in [1.82, 2.24) is 20.3 Å². The molecule has 3 aromatic rings. The lowest BCUT2D eigenvalue weighted by Crippen LogP contribution is -2.41. The SMILES string of the molecule is CC(C)(C)C(=O)NC(=O)Nc1ccc(Oc2ccnc(-c3ccc(N)nc3)c2)cn1. The molecule has 3 rings (SSSR count). The zero-order valence-corrected chi connectivity index (χ0v) is 16.8. The molecule has 9 heteroatoms. The first-order valence-electron chi connectivity index (χ1n) is 9.15. The Morgan fingerprint density at radius 2 is 1.77 bits per heavy atom. The van der Waals surface area contributed by atoms with Crippen LogP contribution in [0, 0.1) is 5.41 Å². The zero-order valence-electron chi connectivity index (χ0n) is 16.8. The molecule has 3 amide bonds. The predicted octanol–water partition coefficient (Wildman–Crippen LogP) is 3.61. The summed E-state index contributed by atoms with van der Waals surface area (Å²) < 4.78 is 5.80. The third kappa shape index (κ3) is 5.51. The number of anilines is 2. The summed E-state index contributed by atoms with van der Waals surface area (Å²) >= 11 is 0. The minimum absolute atomic E-state index is 0.282. The molecular formula is C21H22N6O3. The minimum Gasteiger partial charge on any atom is -0.456 e. The van der Waals surface area contributed by atoms with E-state index < -0.39 is 11.4 Å². The lowest BCUT2D eigenvalue weighted by Gasteiger charge is -2.16. The molecule has 3 aromatic heterocycles. The Labute approximate surface area is 173 Å². The van der Waals surface area contributed by atoms with Crippen LogP contribution >= 0.6 is 0 Å². The molecule has 0 aliphatic rings.